The maximum atomic E-state index is 12.6. The second-order valence-electron chi connectivity index (χ2n) is 5.67. The largest absolute Gasteiger partial charge is 0.493 e. The smallest absolute Gasteiger partial charge is 0.261 e. The van der Waals surface area contributed by atoms with Crippen LogP contribution in [0, 0.1) is 0 Å². The molecule has 0 saturated heterocycles. The normalized spacial score (nSPS) is 18.5. The molecule has 1 aliphatic rings. The number of ether oxygens (including phenoxy) is 2. The number of Topliss-reactive ketones (excluding diaryl/α,β-unsaturated/α-hetero) is 1. The molecule has 3 rings (SSSR count). The van der Waals surface area contributed by atoms with Crippen molar-refractivity contribution in [1.29, 1.82) is 0 Å². The van der Waals surface area contributed by atoms with E-state index in [1.54, 1.807) is 24.3 Å². The summed E-state index contributed by atoms with van der Waals surface area (Å²) in [7, 11) is 2.95. The third kappa shape index (κ3) is 2.94. The van der Waals surface area contributed by atoms with Gasteiger partial charge >= 0.3 is 0 Å². The fraction of sp³-hybridized carbons (Fsp3) is 0.222. The van der Waals surface area contributed by atoms with Crippen molar-refractivity contribution in [2.45, 2.75) is 12.0 Å². The van der Waals surface area contributed by atoms with Gasteiger partial charge in [-0.2, -0.15) is 0 Å². The van der Waals surface area contributed by atoms with E-state index in [0.717, 1.165) is 0 Å². The Labute approximate surface area is 149 Å². The maximum Gasteiger partial charge on any atom is 0.261 e. The first-order valence-electron chi connectivity index (χ1n) is 7.48. The van der Waals surface area contributed by atoms with Gasteiger partial charge in [0.2, 0.25) is 0 Å². The number of hydrogen-bond donors (Lipinski definition) is 2. The Morgan fingerprint density at radius 2 is 1.88 bits per heavy atom. The monoisotopic (exact) mass is 361 g/mol. The Morgan fingerprint density at radius 3 is 2.56 bits per heavy atom. The SMILES string of the molecule is COc1ccc(C(=O)C[C@@]2(O)C(=O)Nc3ccc(Cl)cc32)cc1OC. The molecule has 7 heteroatoms. The minimum absolute atomic E-state index is 0.291. The molecule has 1 amide bonds. The van der Waals surface area contributed by atoms with Crippen LogP contribution in [0.2, 0.25) is 5.02 Å². The maximum absolute atomic E-state index is 12.6. The van der Waals surface area contributed by atoms with Crippen molar-refractivity contribution in [1.82, 2.24) is 0 Å². The molecule has 0 bridgehead atoms. The van der Waals surface area contributed by atoms with Gasteiger partial charge in [0.15, 0.2) is 22.9 Å². The highest BCUT2D eigenvalue weighted by molar-refractivity contribution is 6.31. The molecular formula is C18H16ClNO5. The van der Waals surface area contributed by atoms with Crippen LogP contribution < -0.4 is 14.8 Å². The first kappa shape index (κ1) is 17.3. The molecule has 0 spiro atoms. The molecule has 6 nitrogen and oxygen atoms in total. The predicted molar refractivity (Wildman–Crippen MR) is 92.5 cm³/mol. The van der Waals surface area contributed by atoms with E-state index < -0.39 is 23.7 Å². The number of methoxy groups -OCH3 is 2. The summed E-state index contributed by atoms with van der Waals surface area (Å²) in [5, 5.41) is 13.8. The summed E-state index contributed by atoms with van der Waals surface area (Å²) in [5.74, 6) is -0.196. The molecular weight excluding hydrogens is 346 g/mol. The highest BCUT2D eigenvalue weighted by atomic mass is 35.5. The fourth-order valence-electron chi connectivity index (χ4n) is 2.84. The van der Waals surface area contributed by atoms with Crippen LogP contribution in [-0.2, 0) is 10.4 Å². The lowest BCUT2D eigenvalue weighted by Gasteiger charge is -2.20. The third-order valence-corrected chi connectivity index (χ3v) is 4.41. The van der Waals surface area contributed by atoms with Crippen molar-refractivity contribution in [2.75, 3.05) is 19.5 Å². The first-order valence-corrected chi connectivity index (χ1v) is 7.86. The minimum Gasteiger partial charge on any atom is -0.493 e. The molecule has 130 valence electrons. The summed E-state index contributed by atoms with van der Waals surface area (Å²) in [6.07, 6.45) is -0.415. The number of carbonyl (C=O) groups excluding carboxylic acids is 2. The summed E-state index contributed by atoms with van der Waals surface area (Å²) < 4.78 is 10.3. The van der Waals surface area contributed by atoms with Crippen LogP contribution in [-0.4, -0.2) is 31.0 Å². The number of aliphatic hydroxyl groups is 1. The molecule has 0 unspecified atom stereocenters. The number of hydrogen-bond acceptors (Lipinski definition) is 5. The molecule has 1 heterocycles. The summed E-state index contributed by atoms with van der Waals surface area (Å²) in [5.41, 5.74) is -0.935. The van der Waals surface area contributed by atoms with Gasteiger partial charge in [0.1, 0.15) is 0 Å². The van der Waals surface area contributed by atoms with Gasteiger partial charge in [-0.25, -0.2) is 0 Å². The number of carbonyl (C=O) groups is 2. The number of nitrogens with one attached hydrogen (secondary N) is 1. The van der Waals surface area contributed by atoms with E-state index in [-0.39, 0.29) is 0 Å². The van der Waals surface area contributed by atoms with Gasteiger partial charge in [-0.1, -0.05) is 11.6 Å². The van der Waals surface area contributed by atoms with Gasteiger partial charge in [-0.15, -0.1) is 0 Å². The highest BCUT2D eigenvalue weighted by Gasteiger charge is 2.47. The molecule has 2 N–H and O–H groups in total. The number of anilines is 1. The lowest BCUT2D eigenvalue weighted by atomic mass is 9.88. The van der Waals surface area contributed by atoms with E-state index in [1.807, 2.05) is 0 Å². The van der Waals surface area contributed by atoms with Crippen LogP contribution in [0.4, 0.5) is 5.69 Å². The quantitative estimate of drug-likeness (QED) is 0.800. The minimum atomic E-state index is -1.97. The van der Waals surface area contributed by atoms with Gasteiger partial charge < -0.3 is 19.9 Å². The van der Waals surface area contributed by atoms with Crippen molar-refractivity contribution in [2.24, 2.45) is 0 Å². The number of halogens is 1. The molecule has 0 aliphatic carbocycles. The number of amides is 1. The molecule has 1 aliphatic heterocycles. The molecule has 1 atom stereocenters. The Bertz CT molecular complexity index is 867. The van der Waals surface area contributed by atoms with E-state index in [9.17, 15) is 14.7 Å². The molecule has 2 aromatic rings. The van der Waals surface area contributed by atoms with Gasteiger partial charge in [0, 0.05) is 21.8 Å². The predicted octanol–water partition coefficient (Wildman–Crippen LogP) is 2.77. The Morgan fingerprint density at radius 1 is 1.16 bits per heavy atom. The van der Waals surface area contributed by atoms with Crippen molar-refractivity contribution in [3.05, 3.63) is 52.5 Å². The zero-order valence-electron chi connectivity index (χ0n) is 13.6. The van der Waals surface area contributed by atoms with Crippen LogP contribution in [0.5, 0.6) is 11.5 Å². The molecule has 0 saturated carbocycles. The second kappa shape index (κ2) is 6.38. The van der Waals surface area contributed by atoms with Crippen LogP contribution in [0.3, 0.4) is 0 Å². The Kier molecular flexibility index (Phi) is 4.41. The zero-order valence-corrected chi connectivity index (χ0v) is 14.4. The van der Waals surface area contributed by atoms with Crippen molar-refractivity contribution < 1.29 is 24.2 Å². The molecule has 0 radical (unpaired) electrons. The lowest BCUT2D eigenvalue weighted by molar-refractivity contribution is -0.133. The van der Waals surface area contributed by atoms with Gasteiger partial charge in [-0.3, -0.25) is 9.59 Å². The van der Waals surface area contributed by atoms with Crippen LogP contribution >= 0.6 is 11.6 Å². The van der Waals surface area contributed by atoms with E-state index in [1.165, 1.54) is 26.4 Å². The van der Waals surface area contributed by atoms with Crippen molar-refractivity contribution in [3.8, 4) is 11.5 Å². The summed E-state index contributed by atoms with van der Waals surface area (Å²) in [6.45, 7) is 0. The average Bonchev–Trinajstić information content (AvgIpc) is 2.84. The summed E-state index contributed by atoms with van der Waals surface area (Å²) in [4.78, 5) is 24.9. The van der Waals surface area contributed by atoms with Gasteiger partial charge in [0.05, 0.1) is 20.6 Å². The topological polar surface area (TPSA) is 84.9 Å². The van der Waals surface area contributed by atoms with Gasteiger partial charge in [0.25, 0.3) is 5.91 Å². The van der Waals surface area contributed by atoms with E-state index in [2.05, 4.69) is 5.32 Å². The van der Waals surface area contributed by atoms with Crippen molar-refractivity contribution >= 4 is 29.0 Å². The molecule has 0 aromatic heterocycles. The number of ketones is 1. The summed E-state index contributed by atoms with van der Waals surface area (Å²) in [6, 6.07) is 9.33. The number of fused-ring (bicyclic) bond motifs is 1. The second-order valence-corrected chi connectivity index (χ2v) is 6.11. The Hall–Kier alpha value is -2.57. The standard InChI is InChI=1S/C18H16ClNO5/c1-24-15-6-3-10(7-16(15)25-2)14(21)9-18(23)12-8-11(19)4-5-13(12)20-17(18)22/h3-8,23H,9H2,1-2H3,(H,20,22)/t18-/m0/s1. The van der Waals surface area contributed by atoms with Crippen LogP contribution in [0.15, 0.2) is 36.4 Å². The first-order chi connectivity index (χ1) is 11.9. The average molecular weight is 362 g/mol. The van der Waals surface area contributed by atoms with Crippen LogP contribution in [0.1, 0.15) is 22.3 Å². The molecule has 0 fully saturated rings. The summed E-state index contributed by atoms with van der Waals surface area (Å²) >= 11 is 5.96. The van der Waals surface area contributed by atoms with E-state index >= 15 is 0 Å². The highest BCUT2D eigenvalue weighted by Crippen LogP contribution is 2.40. The van der Waals surface area contributed by atoms with Crippen molar-refractivity contribution in [3.63, 3.8) is 0 Å². The lowest BCUT2D eigenvalue weighted by Crippen LogP contribution is -2.36. The van der Waals surface area contributed by atoms with E-state index in [0.29, 0.717) is 33.3 Å². The van der Waals surface area contributed by atoms with E-state index in [4.69, 9.17) is 21.1 Å². The molecule has 25 heavy (non-hydrogen) atoms. The Balaban J connectivity index is 1.93. The fourth-order valence-corrected chi connectivity index (χ4v) is 3.01. The number of benzene rings is 2. The molecule has 2 aromatic carbocycles. The van der Waals surface area contributed by atoms with Crippen LogP contribution in [0.25, 0.3) is 0 Å². The third-order valence-electron chi connectivity index (χ3n) is 4.17. The number of rotatable bonds is 5. The zero-order chi connectivity index (χ0) is 18.2. The van der Waals surface area contributed by atoms with Gasteiger partial charge in [-0.05, 0) is 36.4 Å².